The summed E-state index contributed by atoms with van der Waals surface area (Å²) in [5, 5.41) is 16.1. The Morgan fingerprint density at radius 1 is 1.33 bits per heavy atom. The van der Waals surface area contributed by atoms with Crippen molar-refractivity contribution in [3.8, 4) is 0 Å². The molecule has 2 bridgehead atoms. The Balaban J connectivity index is 1.79. The fraction of sp³-hybridized carbons (Fsp3) is 0.609. The van der Waals surface area contributed by atoms with Crippen LogP contribution >= 0.6 is 27.5 Å². The normalized spacial score (nSPS) is 33.4. The molecule has 3 aliphatic heterocycles. The number of hydrogen-bond acceptors (Lipinski definition) is 5. The van der Waals surface area contributed by atoms with Crippen LogP contribution in [0.5, 0.6) is 0 Å². The molecule has 1 aromatic rings. The number of likely N-dealkylation sites (tertiary alicyclic amines) is 1. The summed E-state index contributed by atoms with van der Waals surface area (Å²) in [5.41, 5.74) is -0.755. The van der Waals surface area contributed by atoms with Crippen molar-refractivity contribution in [1.29, 1.82) is 0 Å². The largest absolute Gasteiger partial charge is 0.394 e. The number of para-hydroxylation sites is 1. The van der Waals surface area contributed by atoms with E-state index in [2.05, 4.69) is 26.6 Å². The molecule has 3 heterocycles. The van der Waals surface area contributed by atoms with Gasteiger partial charge in [-0.05, 0) is 30.9 Å². The highest BCUT2D eigenvalue weighted by Gasteiger charge is 2.77. The van der Waals surface area contributed by atoms with Crippen LogP contribution in [0, 0.1) is 17.8 Å². The van der Waals surface area contributed by atoms with Crippen molar-refractivity contribution < 1.29 is 24.2 Å². The third-order valence-corrected chi connectivity index (χ3v) is 8.18. The number of alkyl halides is 1. The lowest BCUT2D eigenvalue weighted by atomic mass is 9.70. The van der Waals surface area contributed by atoms with Gasteiger partial charge in [0.25, 0.3) is 0 Å². The molecule has 1 aromatic carbocycles. The van der Waals surface area contributed by atoms with Crippen LogP contribution in [0.2, 0.25) is 5.02 Å². The lowest BCUT2D eigenvalue weighted by Crippen LogP contribution is -2.57. The van der Waals surface area contributed by atoms with Crippen LogP contribution in [0.15, 0.2) is 24.3 Å². The highest BCUT2D eigenvalue weighted by atomic mass is 79.9. The maximum Gasteiger partial charge on any atom is 0.250 e. The molecule has 3 amide bonds. The molecule has 3 aliphatic rings. The smallest absolute Gasteiger partial charge is 0.250 e. The van der Waals surface area contributed by atoms with E-state index < -0.39 is 41.5 Å². The number of aliphatic hydroxyl groups is 1. The van der Waals surface area contributed by atoms with Crippen molar-refractivity contribution in [3.05, 3.63) is 29.3 Å². The second-order valence-electron chi connectivity index (χ2n) is 9.46. The number of aliphatic hydroxyl groups excluding tert-OH is 1. The first-order valence-electron chi connectivity index (χ1n) is 11.2. The number of nitrogens with zero attached hydrogens (tertiary/aromatic N) is 1. The van der Waals surface area contributed by atoms with Crippen LogP contribution in [0.4, 0.5) is 5.69 Å². The average molecular weight is 543 g/mol. The SMILES string of the molecule is CNC(=O)[C@H]1[C@@H]2OC3(CC2Br)C(C(=O)Nc2ccccc2Cl)N([C@@H](CO)CC(C)C)C(=O)[C@H]13. The van der Waals surface area contributed by atoms with E-state index >= 15 is 0 Å². The Kier molecular flexibility index (Phi) is 6.79. The van der Waals surface area contributed by atoms with E-state index in [1.807, 2.05) is 13.8 Å². The third-order valence-electron chi connectivity index (χ3n) is 7.00. The summed E-state index contributed by atoms with van der Waals surface area (Å²) in [6.45, 7) is 3.69. The van der Waals surface area contributed by atoms with Gasteiger partial charge >= 0.3 is 0 Å². The van der Waals surface area contributed by atoms with Crippen LogP contribution < -0.4 is 10.6 Å². The first-order valence-corrected chi connectivity index (χ1v) is 12.5. The van der Waals surface area contributed by atoms with Crippen molar-refractivity contribution in [3.63, 3.8) is 0 Å². The summed E-state index contributed by atoms with van der Waals surface area (Å²) in [6, 6.07) is 5.26. The molecule has 180 valence electrons. The molecule has 1 spiro atoms. The number of fused-ring (bicyclic) bond motifs is 1. The first-order chi connectivity index (χ1) is 15.7. The molecule has 0 aromatic heterocycles. The van der Waals surface area contributed by atoms with Gasteiger partial charge in [0.15, 0.2) is 0 Å². The number of nitrogens with one attached hydrogen (secondary N) is 2. The van der Waals surface area contributed by atoms with Gasteiger partial charge in [-0.1, -0.05) is 53.5 Å². The molecule has 0 saturated carbocycles. The average Bonchev–Trinajstić information content (AvgIpc) is 3.36. The van der Waals surface area contributed by atoms with Crippen LogP contribution in [-0.2, 0) is 19.1 Å². The minimum Gasteiger partial charge on any atom is -0.394 e. The highest BCUT2D eigenvalue weighted by Crippen LogP contribution is 2.60. The first kappa shape index (κ1) is 24.4. The molecular weight excluding hydrogens is 514 g/mol. The van der Waals surface area contributed by atoms with Gasteiger partial charge in [-0.25, -0.2) is 0 Å². The van der Waals surface area contributed by atoms with E-state index in [0.29, 0.717) is 23.6 Å². The van der Waals surface area contributed by atoms with Gasteiger partial charge in [0, 0.05) is 11.9 Å². The fourth-order valence-electron chi connectivity index (χ4n) is 5.81. The van der Waals surface area contributed by atoms with E-state index in [-0.39, 0.29) is 29.2 Å². The number of rotatable bonds is 7. The number of carbonyl (C=O) groups is 3. The Bertz CT molecular complexity index is 962. The number of halogens is 2. The lowest BCUT2D eigenvalue weighted by Gasteiger charge is -2.37. The van der Waals surface area contributed by atoms with Gasteiger partial charge in [-0.15, -0.1) is 0 Å². The molecule has 10 heteroatoms. The number of carbonyl (C=O) groups excluding carboxylic acids is 3. The molecule has 3 unspecified atom stereocenters. The molecule has 8 nitrogen and oxygen atoms in total. The number of amides is 3. The van der Waals surface area contributed by atoms with E-state index in [4.69, 9.17) is 16.3 Å². The molecule has 7 atom stereocenters. The van der Waals surface area contributed by atoms with Crippen molar-refractivity contribution >= 4 is 50.9 Å². The minimum absolute atomic E-state index is 0.177. The third kappa shape index (κ3) is 3.87. The monoisotopic (exact) mass is 541 g/mol. The zero-order valence-electron chi connectivity index (χ0n) is 18.8. The van der Waals surface area contributed by atoms with Crippen molar-refractivity contribution in [2.45, 2.75) is 55.3 Å². The Labute approximate surface area is 206 Å². The molecule has 0 aliphatic carbocycles. The van der Waals surface area contributed by atoms with E-state index in [1.54, 1.807) is 24.3 Å². The van der Waals surface area contributed by atoms with Crippen LogP contribution in [0.3, 0.4) is 0 Å². The maximum absolute atomic E-state index is 13.9. The highest BCUT2D eigenvalue weighted by molar-refractivity contribution is 9.09. The molecule has 4 rings (SSSR count). The van der Waals surface area contributed by atoms with Crippen molar-refractivity contribution in [1.82, 2.24) is 10.2 Å². The second-order valence-corrected chi connectivity index (χ2v) is 11.0. The van der Waals surface area contributed by atoms with Gasteiger partial charge in [0.05, 0.1) is 41.3 Å². The predicted octanol–water partition coefficient (Wildman–Crippen LogP) is 2.18. The molecule has 0 radical (unpaired) electrons. The predicted molar refractivity (Wildman–Crippen MR) is 127 cm³/mol. The molecule has 3 saturated heterocycles. The summed E-state index contributed by atoms with van der Waals surface area (Å²) in [4.78, 5) is 41.7. The lowest BCUT2D eigenvalue weighted by molar-refractivity contribution is -0.144. The summed E-state index contributed by atoms with van der Waals surface area (Å²) in [6.07, 6.45) is 0.389. The molecule has 33 heavy (non-hydrogen) atoms. The van der Waals surface area contributed by atoms with Gasteiger partial charge < -0.3 is 25.4 Å². The van der Waals surface area contributed by atoms with Gasteiger partial charge in [-0.3, -0.25) is 14.4 Å². The molecule has 3 fully saturated rings. The van der Waals surface area contributed by atoms with Gasteiger partial charge in [-0.2, -0.15) is 0 Å². The minimum atomic E-state index is -1.18. The van der Waals surface area contributed by atoms with E-state index in [1.165, 1.54) is 11.9 Å². The van der Waals surface area contributed by atoms with E-state index in [0.717, 1.165) is 0 Å². The summed E-state index contributed by atoms with van der Waals surface area (Å²) in [7, 11) is 1.53. The number of hydrogen-bond donors (Lipinski definition) is 3. The number of anilines is 1. The maximum atomic E-state index is 13.9. The zero-order valence-corrected chi connectivity index (χ0v) is 21.1. The Hall–Kier alpha value is -1.68. The Morgan fingerprint density at radius 2 is 2.03 bits per heavy atom. The quantitative estimate of drug-likeness (QED) is 0.458. The van der Waals surface area contributed by atoms with Gasteiger partial charge in [0.1, 0.15) is 11.6 Å². The fourth-order valence-corrected chi connectivity index (χ4v) is 6.94. The van der Waals surface area contributed by atoms with Crippen molar-refractivity contribution in [2.24, 2.45) is 17.8 Å². The van der Waals surface area contributed by atoms with E-state index in [9.17, 15) is 19.5 Å². The standard InChI is InChI=1S/C23H29BrClN3O5/c1-11(2)8-12(10-29)28-19(21(31)27-15-7-5-4-6-14(15)25)23-9-13(24)18(33-23)16(20(30)26-3)17(23)22(28)32/h4-7,11-13,16-19,29H,8-10H2,1-3H3,(H,26,30)(H,27,31)/t12-,13?,16-,17+,18-,19?,23?/m1/s1. The summed E-state index contributed by atoms with van der Waals surface area (Å²) >= 11 is 9.88. The number of ether oxygens (including phenoxy) is 1. The summed E-state index contributed by atoms with van der Waals surface area (Å²) in [5.74, 6) is -2.42. The van der Waals surface area contributed by atoms with Crippen LogP contribution in [-0.4, -0.2) is 70.0 Å². The zero-order chi connectivity index (χ0) is 24.1. The van der Waals surface area contributed by atoms with Gasteiger partial charge in [0.2, 0.25) is 17.7 Å². The van der Waals surface area contributed by atoms with Crippen LogP contribution in [0.1, 0.15) is 26.7 Å². The topological polar surface area (TPSA) is 108 Å². The Morgan fingerprint density at radius 3 is 2.64 bits per heavy atom. The van der Waals surface area contributed by atoms with Crippen molar-refractivity contribution in [2.75, 3.05) is 19.0 Å². The molecular formula is C23H29BrClN3O5. The summed E-state index contributed by atoms with van der Waals surface area (Å²) < 4.78 is 6.39. The number of benzene rings is 1. The second kappa shape index (κ2) is 9.17. The molecule has 3 N–H and O–H groups in total. The van der Waals surface area contributed by atoms with Crippen LogP contribution in [0.25, 0.3) is 0 Å².